The van der Waals surface area contributed by atoms with Crippen LogP contribution in [0.5, 0.6) is 11.5 Å². The van der Waals surface area contributed by atoms with E-state index in [1.54, 1.807) is 82.8 Å². The zero-order valence-electron chi connectivity index (χ0n) is 43.8. The van der Waals surface area contributed by atoms with Crippen molar-refractivity contribution in [3.8, 4) is 28.6 Å². The SMILES string of the molecule is CC.CC.CC(=N)/C(=C(/C)N)c1ccc(=O)n(-c2ccc(OC(C)C)cc2)c1.CC(=N)/C(=C(/C)N)c1ccc(=O)n(-c2ccc(OC(F)(F)F)cc2)c1.CC(=N)/C(=C(/C)N)c1ccc(=O)n(-c2cccc(F)c2)c1. The van der Waals surface area contributed by atoms with E-state index in [0.717, 1.165) is 29.1 Å². The zero-order chi connectivity index (χ0) is 56.2. The van der Waals surface area contributed by atoms with Gasteiger partial charge in [-0.25, -0.2) is 4.39 Å². The van der Waals surface area contributed by atoms with Crippen molar-refractivity contribution in [1.29, 1.82) is 16.2 Å². The highest BCUT2D eigenvalue weighted by atomic mass is 19.4. The summed E-state index contributed by atoms with van der Waals surface area (Å²) in [5.74, 6) is -0.0420. The fourth-order valence-electron chi connectivity index (χ4n) is 7.12. The number of benzene rings is 3. The van der Waals surface area contributed by atoms with Crippen molar-refractivity contribution in [3.05, 3.63) is 198 Å². The van der Waals surface area contributed by atoms with Crippen LogP contribution in [-0.2, 0) is 0 Å². The molecule has 0 aliphatic carbocycles. The van der Waals surface area contributed by atoms with Crippen LogP contribution < -0.4 is 43.4 Å². The number of hydrogen-bond donors (Lipinski definition) is 6. The third kappa shape index (κ3) is 17.9. The average molecular weight is 1020 g/mol. The van der Waals surface area contributed by atoms with Crippen LogP contribution in [0.4, 0.5) is 17.6 Å². The van der Waals surface area contributed by atoms with Crippen LogP contribution in [0.1, 0.15) is 99.8 Å². The van der Waals surface area contributed by atoms with Gasteiger partial charge in [-0.3, -0.25) is 28.1 Å². The van der Waals surface area contributed by atoms with Crippen LogP contribution >= 0.6 is 0 Å². The zero-order valence-corrected chi connectivity index (χ0v) is 43.8. The summed E-state index contributed by atoms with van der Waals surface area (Å²) in [7, 11) is 0. The van der Waals surface area contributed by atoms with E-state index in [-0.39, 0.29) is 34.2 Å². The van der Waals surface area contributed by atoms with Crippen LogP contribution in [0.25, 0.3) is 33.8 Å². The van der Waals surface area contributed by atoms with Gasteiger partial charge in [0.1, 0.15) is 17.3 Å². The molecule has 9 N–H and O–H groups in total. The Hall–Kier alpha value is -8.54. The number of nitrogens with zero attached hydrogens (tertiary/aromatic N) is 3. The van der Waals surface area contributed by atoms with E-state index in [0.29, 0.717) is 67.7 Å². The Bertz CT molecular complexity index is 3170. The maximum absolute atomic E-state index is 13.3. The lowest BCUT2D eigenvalue weighted by Gasteiger charge is -2.13. The van der Waals surface area contributed by atoms with Crippen molar-refractivity contribution >= 4 is 33.9 Å². The van der Waals surface area contributed by atoms with Crippen LogP contribution in [-0.4, -0.2) is 43.3 Å². The molecule has 0 aliphatic heterocycles. The predicted molar refractivity (Wildman–Crippen MR) is 292 cm³/mol. The quantitative estimate of drug-likeness (QED) is 0.0508. The summed E-state index contributed by atoms with van der Waals surface area (Å²) >= 11 is 0. The molecule has 3 heterocycles. The van der Waals surface area contributed by atoms with E-state index in [4.69, 9.17) is 38.2 Å². The number of ether oxygens (including phenoxy) is 2. The maximum Gasteiger partial charge on any atom is 0.573 e. The van der Waals surface area contributed by atoms with Gasteiger partial charge in [-0.15, -0.1) is 13.2 Å². The van der Waals surface area contributed by atoms with Gasteiger partial charge in [0, 0.05) is 116 Å². The van der Waals surface area contributed by atoms with Gasteiger partial charge in [-0.1, -0.05) is 33.8 Å². The van der Waals surface area contributed by atoms with Gasteiger partial charge in [0.2, 0.25) is 0 Å². The number of pyridine rings is 3. The number of hydrogen-bond acceptors (Lipinski definition) is 11. The standard InChI is InChI=1S/C19H23N3O2.C17H16F3N3O2.C16H16FN3O.2C2H6/c1-12(2)24-17-8-6-16(7-9-17)22-11-15(5-10-18(22)23)19(13(3)20)14(4)21;1-10(21)16(11(2)22)12-3-8-15(24)23(9-12)13-4-6-14(7-5-13)25-17(18,19)20;1-10(18)16(11(2)19)12-6-7-15(21)20(9-12)14-5-3-4-13(17)8-14;2*1-2/h5-12,20H,21H2,1-4H3;3-9,21H,22H2,1-2H3;3-9,18H,19H2,1-2H3;2*1-2H3/b19-14+,20-13?;16-11+,21-10?;16-11+,18-10?;;. The first-order valence-corrected chi connectivity index (χ1v) is 23.4. The number of allylic oxidation sites excluding steroid dienone is 6. The summed E-state index contributed by atoms with van der Waals surface area (Å²) in [6.45, 7) is 21.9. The van der Waals surface area contributed by atoms with Gasteiger partial charge >= 0.3 is 6.36 Å². The summed E-state index contributed by atoms with van der Waals surface area (Å²) in [4.78, 5) is 36.3. The molecule has 0 saturated heterocycles. The molecule has 0 unspecified atom stereocenters. The highest BCUT2D eigenvalue weighted by Crippen LogP contribution is 2.25. The topological polar surface area (TPSA) is 234 Å². The number of nitrogens with one attached hydrogen (secondary N) is 3. The Labute approximate surface area is 429 Å². The molecule has 0 aliphatic rings. The van der Waals surface area contributed by atoms with Gasteiger partial charge in [-0.05, 0) is 140 Å². The van der Waals surface area contributed by atoms with Crippen molar-refractivity contribution in [2.45, 2.75) is 95.6 Å². The minimum Gasteiger partial charge on any atom is -0.491 e. The van der Waals surface area contributed by atoms with Crippen LogP contribution in [0, 0.1) is 22.0 Å². The fraction of sp³-hybridized carbons (Fsp3) is 0.250. The third-order valence-electron chi connectivity index (χ3n) is 9.83. The molecular weight excluding hydrogens is 955 g/mol. The normalized spacial score (nSPS) is 11.7. The summed E-state index contributed by atoms with van der Waals surface area (Å²) in [6, 6.07) is 27.0. The Morgan fingerprint density at radius 2 is 0.824 bits per heavy atom. The maximum atomic E-state index is 13.3. The number of halogens is 4. The third-order valence-corrected chi connectivity index (χ3v) is 9.83. The highest BCUT2D eigenvalue weighted by molar-refractivity contribution is 6.22. The first kappa shape index (κ1) is 61.6. The predicted octanol–water partition coefficient (Wildman–Crippen LogP) is 11.6. The van der Waals surface area contributed by atoms with E-state index in [1.165, 1.54) is 63.9 Å². The summed E-state index contributed by atoms with van der Waals surface area (Å²) < 4.78 is 63.5. The van der Waals surface area contributed by atoms with Gasteiger partial charge in [0.05, 0.1) is 11.8 Å². The molecule has 0 radical (unpaired) electrons. The van der Waals surface area contributed by atoms with Crippen molar-refractivity contribution in [1.82, 2.24) is 13.7 Å². The molecule has 394 valence electrons. The van der Waals surface area contributed by atoms with Crippen molar-refractivity contribution in [2.24, 2.45) is 17.2 Å². The largest absolute Gasteiger partial charge is 0.573 e. The average Bonchev–Trinajstić information content (AvgIpc) is 3.32. The molecule has 3 aromatic carbocycles. The van der Waals surface area contributed by atoms with E-state index >= 15 is 0 Å². The minimum absolute atomic E-state index is 0.0951. The van der Waals surface area contributed by atoms with Gasteiger partial charge in [-0.2, -0.15) is 0 Å². The Balaban J connectivity index is 0.000000368. The molecule has 18 heteroatoms. The van der Waals surface area contributed by atoms with Crippen molar-refractivity contribution < 1.29 is 27.0 Å². The molecule has 0 spiro atoms. The number of alkyl halides is 3. The van der Waals surface area contributed by atoms with Crippen LogP contribution in [0.3, 0.4) is 0 Å². The smallest absolute Gasteiger partial charge is 0.491 e. The molecular formula is C56H67F4N9O5. The minimum atomic E-state index is -4.78. The number of aromatic nitrogens is 3. The molecule has 74 heavy (non-hydrogen) atoms. The Morgan fingerprint density at radius 1 is 0.500 bits per heavy atom. The molecule has 14 nitrogen and oxygen atoms in total. The Morgan fingerprint density at radius 3 is 1.11 bits per heavy atom. The molecule has 3 aromatic heterocycles. The second-order valence-electron chi connectivity index (χ2n) is 16.1. The molecule has 0 saturated carbocycles. The Kier molecular flexibility index (Phi) is 23.7. The summed E-state index contributed by atoms with van der Waals surface area (Å²) in [5, 5.41) is 23.5. The van der Waals surface area contributed by atoms with Gasteiger partial charge < -0.3 is 42.9 Å². The van der Waals surface area contributed by atoms with E-state index in [1.807, 2.05) is 65.8 Å². The molecule has 6 rings (SSSR count). The lowest BCUT2D eigenvalue weighted by Crippen LogP contribution is -2.19. The fourth-order valence-corrected chi connectivity index (χ4v) is 7.12. The summed E-state index contributed by atoms with van der Waals surface area (Å²) in [5.41, 5.74) is 24.3. The highest BCUT2D eigenvalue weighted by Gasteiger charge is 2.31. The van der Waals surface area contributed by atoms with Gasteiger partial charge in [0.15, 0.2) is 0 Å². The molecule has 6 aromatic rings. The lowest BCUT2D eigenvalue weighted by atomic mass is 10.0. The first-order valence-electron chi connectivity index (χ1n) is 23.4. The second-order valence-corrected chi connectivity index (χ2v) is 16.1. The number of nitrogens with two attached hydrogens (primary N) is 3. The number of rotatable bonds is 12. The first-order chi connectivity index (χ1) is 34.8. The molecule has 0 bridgehead atoms. The lowest BCUT2D eigenvalue weighted by molar-refractivity contribution is -0.274. The monoisotopic (exact) mass is 1020 g/mol. The molecule has 0 atom stereocenters. The van der Waals surface area contributed by atoms with Crippen LogP contribution in [0.15, 0.2) is 159 Å². The van der Waals surface area contributed by atoms with Gasteiger partial charge in [0.25, 0.3) is 16.7 Å². The van der Waals surface area contributed by atoms with E-state index in [2.05, 4.69) is 4.74 Å². The van der Waals surface area contributed by atoms with Crippen molar-refractivity contribution in [3.63, 3.8) is 0 Å². The molecule has 0 fully saturated rings. The van der Waals surface area contributed by atoms with Crippen LogP contribution in [0.2, 0.25) is 0 Å². The molecule has 0 amide bonds. The van der Waals surface area contributed by atoms with E-state index in [9.17, 15) is 31.9 Å². The summed E-state index contributed by atoms with van der Waals surface area (Å²) in [6.07, 6.45) is 0.0901. The second kappa shape index (κ2) is 28.5. The van der Waals surface area contributed by atoms with E-state index < -0.39 is 12.2 Å². The van der Waals surface area contributed by atoms with Crippen molar-refractivity contribution in [2.75, 3.05) is 0 Å².